The second-order valence-corrected chi connectivity index (χ2v) is 9.88. The molecule has 2 aromatic rings. The molecule has 2 heterocycles. The van der Waals surface area contributed by atoms with Crippen molar-refractivity contribution in [3.63, 3.8) is 0 Å². The van der Waals surface area contributed by atoms with E-state index in [-0.39, 0.29) is 5.78 Å². The van der Waals surface area contributed by atoms with Crippen LogP contribution in [0.2, 0.25) is 0 Å². The number of ketones is 1. The number of carbonyl (C=O) groups is 1. The van der Waals surface area contributed by atoms with Crippen molar-refractivity contribution in [3.05, 3.63) is 58.1 Å². The van der Waals surface area contributed by atoms with Gasteiger partial charge in [0.25, 0.3) is 0 Å². The molecule has 3 nitrogen and oxygen atoms in total. The van der Waals surface area contributed by atoms with Gasteiger partial charge >= 0.3 is 0 Å². The largest absolute Gasteiger partial charge is 0.491 e. The Morgan fingerprint density at radius 2 is 1.85 bits per heavy atom. The summed E-state index contributed by atoms with van der Waals surface area (Å²) < 4.78 is 6.41. The van der Waals surface area contributed by atoms with Crippen LogP contribution in [0.25, 0.3) is 0 Å². The predicted molar refractivity (Wildman–Crippen MR) is 114 cm³/mol. The molecule has 1 unspecified atom stereocenters. The fourth-order valence-electron chi connectivity index (χ4n) is 3.85. The fourth-order valence-corrected chi connectivity index (χ4v) is 5.50. The highest BCUT2D eigenvalue weighted by atomic mass is 79.9. The van der Waals surface area contributed by atoms with Crippen LogP contribution in [0.15, 0.2) is 51.8 Å². The number of aryl methyl sites for hydroxylation is 1. The van der Waals surface area contributed by atoms with Gasteiger partial charge in [0.1, 0.15) is 17.1 Å². The number of nitrogens with zero attached hydrogens (tertiary/aromatic N) is 1. The summed E-state index contributed by atoms with van der Waals surface area (Å²) in [6.07, 6.45) is 3.71. The lowest BCUT2D eigenvalue weighted by molar-refractivity contribution is 0.0807. The second kappa shape index (κ2) is 7.98. The van der Waals surface area contributed by atoms with Crippen molar-refractivity contribution in [2.45, 2.75) is 35.8 Å². The molecule has 0 aromatic heterocycles. The van der Waals surface area contributed by atoms with Crippen molar-refractivity contribution in [2.75, 3.05) is 26.2 Å². The molecule has 0 N–H and O–H groups in total. The van der Waals surface area contributed by atoms with Gasteiger partial charge in [0.15, 0.2) is 5.78 Å². The highest BCUT2D eigenvalue weighted by molar-refractivity contribution is 9.10. The maximum absolute atomic E-state index is 13.7. The van der Waals surface area contributed by atoms with Gasteiger partial charge < -0.3 is 9.64 Å². The summed E-state index contributed by atoms with van der Waals surface area (Å²) in [5.41, 5.74) is 1.91. The first kappa shape index (κ1) is 19.0. The minimum Gasteiger partial charge on any atom is -0.491 e. The molecule has 2 aliphatic heterocycles. The van der Waals surface area contributed by atoms with Crippen LogP contribution in [0.5, 0.6) is 5.75 Å². The van der Waals surface area contributed by atoms with Gasteiger partial charge in [-0.05, 0) is 63.2 Å². The van der Waals surface area contributed by atoms with E-state index in [2.05, 4.69) is 52.0 Å². The number of thioether (sulfide) groups is 1. The maximum atomic E-state index is 13.7. The molecule has 142 valence electrons. The van der Waals surface area contributed by atoms with Crippen LogP contribution in [0.1, 0.15) is 35.2 Å². The van der Waals surface area contributed by atoms with E-state index < -0.39 is 4.75 Å². The number of likely N-dealkylation sites (tertiary alicyclic amines) is 1. The van der Waals surface area contributed by atoms with E-state index in [4.69, 9.17) is 4.74 Å². The monoisotopic (exact) mass is 445 g/mol. The van der Waals surface area contributed by atoms with Gasteiger partial charge in [-0.3, -0.25) is 4.79 Å². The van der Waals surface area contributed by atoms with E-state index >= 15 is 0 Å². The molecule has 0 radical (unpaired) electrons. The molecule has 0 saturated carbocycles. The molecule has 0 amide bonds. The number of halogens is 1. The first-order valence-electron chi connectivity index (χ1n) is 9.51. The lowest BCUT2D eigenvalue weighted by atomic mass is 9.93. The Bertz CT molecular complexity index is 833. The quantitative estimate of drug-likeness (QED) is 0.634. The van der Waals surface area contributed by atoms with Crippen molar-refractivity contribution < 1.29 is 9.53 Å². The molecule has 0 bridgehead atoms. The third-order valence-electron chi connectivity index (χ3n) is 5.32. The van der Waals surface area contributed by atoms with Crippen LogP contribution in [0, 0.1) is 6.92 Å². The number of carbonyl (C=O) groups excluding carboxylic acids is 1. The van der Waals surface area contributed by atoms with Crippen LogP contribution in [-0.4, -0.2) is 41.7 Å². The Morgan fingerprint density at radius 3 is 2.59 bits per heavy atom. The van der Waals surface area contributed by atoms with E-state index in [1.54, 1.807) is 11.8 Å². The van der Waals surface area contributed by atoms with Gasteiger partial charge in [-0.25, -0.2) is 0 Å². The maximum Gasteiger partial charge on any atom is 0.187 e. The molecule has 2 aliphatic rings. The molecular weight excluding hydrogens is 422 g/mol. The molecule has 27 heavy (non-hydrogen) atoms. The van der Waals surface area contributed by atoms with Gasteiger partial charge in [-0.1, -0.05) is 40.0 Å². The minimum absolute atomic E-state index is 0.182. The van der Waals surface area contributed by atoms with Crippen molar-refractivity contribution in [2.24, 2.45) is 0 Å². The molecular formula is C22H24BrNO2S. The average Bonchev–Trinajstić information content (AvgIpc) is 2.68. The first-order valence-corrected chi connectivity index (χ1v) is 11.1. The number of hydrogen-bond donors (Lipinski definition) is 0. The number of Topliss-reactive ketones (excluding diaryl/α,β-unsaturated/α-hetero) is 1. The van der Waals surface area contributed by atoms with Crippen LogP contribution < -0.4 is 4.74 Å². The number of ether oxygens (including phenoxy) is 1. The molecule has 1 saturated heterocycles. The first-order chi connectivity index (χ1) is 13.1. The van der Waals surface area contributed by atoms with Crippen LogP contribution in [0.3, 0.4) is 0 Å². The Hall–Kier alpha value is -1.30. The minimum atomic E-state index is -0.611. The highest BCUT2D eigenvalue weighted by Gasteiger charge is 2.46. The molecule has 5 heteroatoms. The Balaban J connectivity index is 1.69. The summed E-state index contributed by atoms with van der Waals surface area (Å²) in [6.45, 7) is 5.36. The molecule has 1 fully saturated rings. The summed E-state index contributed by atoms with van der Waals surface area (Å²) in [4.78, 5) is 17.2. The fraction of sp³-hybridized carbons (Fsp3) is 0.409. The van der Waals surface area contributed by atoms with Crippen LogP contribution in [0.4, 0.5) is 0 Å². The SMILES string of the molecule is Cc1ccc(SC2(CN3CCCCC3)COc3ccc(Br)cc3C2=O)cc1. The van der Waals surface area contributed by atoms with E-state index in [1.165, 1.54) is 24.8 Å². The Labute approximate surface area is 173 Å². The number of piperidine rings is 1. The summed E-state index contributed by atoms with van der Waals surface area (Å²) >= 11 is 5.16. The summed E-state index contributed by atoms with van der Waals surface area (Å²) in [5, 5.41) is 0. The smallest absolute Gasteiger partial charge is 0.187 e. The molecule has 2 aromatic carbocycles. The average molecular weight is 446 g/mol. The summed E-state index contributed by atoms with van der Waals surface area (Å²) in [5.74, 6) is 0.878. The van der Waals surface area contributed by atoms with Gasteiger partial charge in [-0.15, -0.1) is 11.8 Å². The topological polar surface area (TPSA) is 29.5 Å². The third kappa shape index (κ3) is 4.10. The van der Waals surface area contributed by atoms with Crippen molar-refractivity contribution in [1.82, 2.24) is 4.90 Å². The van der Waals surface area contributed by atoms with Gasteiger partial charge in [0.05, 0.1) is 5.56 Å². The summed E-state index contributed by atoms with van der Waals surface area (Å²) in [7, 11) is 0. The number of benzene rings is 2. The zero-order valence-corrected chi connectivity index (χ0v) is 17.9. The zero-order chi connectivity index (χ0) is 18.9. The third-order valence-corrected chi connectivity index (χ3v) is 7.15. The van der Waals surface area contributed by atoms with E-state index in [0.29, 0.717) is 17.9 Å². The van der Waals surface area contributed by atoms with Crippen molar-refractivity contribution in [1.29, 1.82) is 0 Å². The number of hydrogen-bond acceptors (Lipinski definition) is 4. The van der Waals surface area contributed by atoms with Crippen molar-refractivity contribution in [3.8, 4) is 5.75 Å². The highest BCUT2D eigenvalue weighted by Crippen LogP contribution is 2.43. The molecule has 0 aliphatic carbocycles. The Morgan fingerprint density at radius 1 is 1.11 bits per heavy atom. The second-order valence-electron chi connectivity index (χ2n) is 7.50. The molecule has 0 spiro atoms. The van der Waals surface area contributed by atoms with E-state index in [1.807, 2.05) is 18.2 Å². The van der Waals surface area contributed by atoms with Gasteiger partial charge in [0.2, 0.25) is 0 Å². The van der Waals surface area contributed by atoms with Gasteiger partial charge in [-0.2, -0.15) is 0 Å². The zero-order valence-electron chi connectivity index (χ0n) is 15.5. The molecule has 4 rings (SSSR count). The van der Waals surface area contributed by atoms with E-state index in [0.717, 1.165) is 29.0 Å². The lowest BCUT2D eigenvalue weighted by Gasteiger charge is -2.40. The number of rotatable bonds is 4. The normalized spacial score (nSPS) is 23.0. The van der Waals surface area contributed by atoms with Crippen molar-refractivity contribution >= 4 is 33.5 Å². The molecule has 1 atom stereocenters. The van der Waals surface area contributed by atoms with Gasteiger partial charge in [0, 0.05) is 15.9 Å². The standard InChI is InChI=1S/C22H24BrNO2S/c1-16-5-8-18(9-6-16)27-22(14-24-11-3-2-4-12-24)15-26-20-10-7-17(23)13-19(20)21(22)25/h5-10,13H,2-4,11-12,14-15H2,1H3. The van der Waals surface area contributed by atoms with Crippen LogP contribution >= 0.6 is 27.7 Å². The van der Waals surface area contributed by atoms with E-state index in [9.17, 15) is 4.79 Å². The number of fused-ring (bicyclic) bond motifs is 1. The Kier molecular flexibility index (Phi) is 5.62. The van der Waals surface area contributed by atoms with Crippen LogP contribution in [-0.2, 0) is 0 Å². The lowest BCUT2D eigenvalue weighted by Crippen LogP contribution is -2.53. The summed E-state index contributed by atoms with van der Waals surface area (Å²) in [6, 6.07) is 14.2. The predicted octanol–water partition coefficient (Wildman–Crippen LogP) is 5.35.